The fourth-order valence-electron chi connectivity index (χ4n) is 2.89. The Morgan fingerprint density at radius 1 is 1.32 bits per heavy atom. The summed E-state index contributed by atoms with van der Waals surface area (Å²) in [4.78, 5) is 9.79. The molecule has 0 unspecified atom stereocenters. The molecule has 1 fully saturated rings. The topological polar surface area (TPSA) is 53.2 Å². The summed E-state index contributed by atoms with van der Waals surface area (Å²) in [6.45, 7) is 8.03. The minimum absolute atomic E-state index is 0.207. The van der Waals surface area contributed by atoms with E-state index in [0.717, 1.165) is 37.6 Å². The molecule has 1 aromatic heterocycles. The van der Waals surface area contributed by atoms with Gasteiger partial charge >= 0.3 is 0 Å². The molecule has 2 N–H and O–H groups in total. The van der Waals surface area contributed by atoms with Gasteiger partial charge in [-0.05, 0) is 31.5 Å². The molecule has 0 spiro atoms. The van der Waals surface area contributed by atoms with Gasteiger partial charge in [0.15, 0.2) is 0 Å². The lowest BCUT2D eigenvalue weighted by Gasteiger charge is -2.36. The number of nitrogens with zero attached hydrogens (tertiary/aromatic N) is 2. The summed E-state index contributed by atoms with van der Waals surface area (Å²) < 4.78 is 5.73. The summed E-state index contributed by atoms with van der Waals surface area (Å²) in [6, 6.07) is 8.87. The van der Waals surface area contributed by atoms with E-state index >= 15 is 0 Å². The second-order valence-electron chi connectivity index (χ2n) is 6.00. The van der Waals surface area contributed by atoms with E-state index in [-0.39, 0.29) is 6.10 Å². The van der Waals surface area contributed by atoms with Gasteiger partial charge in [-0.1, -0.05) is 12.1 Å². The summed E-state index contributed by atoms with van der Waals surface area (Å²) in [5.41, 5.74) is 2.48. The van der Waals surface area contributed by atoms with Crippen molar-refractivity contribution in [3.05, 3.63) is 48.0 Å². The molecule has 2 aromatic rings. The maximum atomic E-state index is 5.73. The summed E-state index contributed by atoms with van der Waals surface area (Å²) >= 11 is 0. The van der Waals surface area contributed by atoms with Gasteiger partial charge in [-0.15, -0.1) is 0 Å². The Labute approximate surface area is 131 Å². The number of hydrogen-bond donors (Lipinski definition) is 2. The molecule has 0 aliphatic carbocycles. The Balaban J connectivity index is 1.72. The molecule has 118 valence electrons. The average Bonchev–Trinajstić information content (AvgIpc) is 3.01. The molecular formula is C17H24N4O. The minimum Gasteiger partial charge on any atom is -0.491 e. The van der Waals surface area contributed by atoms with Crippen LogP contribution in [0.2, 0.25) is 0 Å². The van der Waals surface area contributed by atoms with Gasteiger partial charge in [-0.3, -0.25) is 4.90 Å². The smallest absolute Gasteiger partial charge is 0.119 e. The van der Waals surface area contributed by atoms with Gasteiger partial charge in [-0.25, -0.2) is 4.98 Å². The lowest BCUT2D eigenvalue weighted by molar-refractivity contribution is 0.152. The number of ether oxygens (including phenoxy) is 1. The molecule has 1 atom stereocenters. The molecule has 2 heterocycles. The van der Waals surface area contributed by atoms with E-state index in [0.29, 0.717) is 6.04 Å². The Kier molecular flexibility index (Phi) is 4.75. The maximum Gasteiger partial charge on any atom is 0.119 e. The van der Waals surface area contributed by atoms with E-state index in [1.165, 1.54) is 5.56 Å². The van der Waals surface area contributed by atoms with Gasteiger partial charge in [0.2, 0.25) is 0 Å². The van der Waals surface area contributed by atoms with Crippen LogP contribution in [0.3, 0.4) is 0 Å². The number of rotatable bonds is 5. The van der Waals surface area contributed by atoms with Crippen LogP contribution < -0.4 is 10.1 Å². The summed E-state index contributed by atoms with van der Waals surface area (Å²) in [7, 11) is 0. The highest BCUT2D eigenvalue weighted by Crippen LogP contribution is 2.25. The van der Waals surface area contributed by atoms with E-state index in [1.54, 1.807) is 6.33 Å². The van der Waals surface area contributed by atoms with Crippen molar-refractivity contribution < 1.29 is 4.74 Å². The standard InChI is InChI=1S/C17H24N4O/c1-13(2)22-16-5-3-14(4-6-16)17-10-18-7-8-21(17)11-15-9-19-12-20-15/h3-6,9,12-13,17-18H,7-8,10-11H2,1-2H3,(H,19,20)/t17-/m0/s1. The van der Waals surface area contributed by atoms with Gasteiger partial charge in [0.25, 0.3) is 0 Å². The molecule has 1 saturated heterocycles. The molecule has 1 aliphatic rings. The van der Waals surface area contributed by atoms with Crippen molar-refractivity contribution in [2.75, 3.05) is 19.6 Å². The Bertz CT molecular complexity index is 565. The first-order valence-corrected chi connectivity index (χ1v) is 7.91. The van der Waals surface area contributed by atoms with Gasteiger partial charge in [-0.2, -0.15) is 0 Å². The van der Waals surface area contributed by atoms with Crippen molar-refractivity contribution in [3.8, 4) is 5.75 Å². The third-order valence-corrected chi connectivity index (χ3v) is 3.92. The van der Waals surface area contributed by atoms with Crippen molar-refractivity contribution in [2.24, 2.45) is 0 Å². The zero-order valence-corrected chi connectivity index (χ0v) is 13.2. The van der Waals surface area contributed by atoms with Crippen LogP contribution in [-0.2, 0) is 6.54 Å². The molecule has 22 heavy (non-hydrogen) atoms. The second kappa shape index (κ2) is 6.94. The van der Waals surface area contributed by atoms with Crippen LogP contribution >= 0.6 is 0 Å². The van der Waals surface area contributed by atoms with Crippen LogP contribution in [0.25, 0.3) is 0 Å². The Hall–Kier alpha value is -1.85. The highest BCUT2D eigenvalue weighted by atomic mass is 16.5. The third-order valence-electron chi connectivity index (χ3n) is 3.92. The van der Waals surface area contributed by atoms with Crippen LogP contribution in [0.5, 0.6) is 5.75 Å². The molecule has 0 bridgehead atoms. The number of piperazine rings is 1. The van der Waals surface area contributed by atoms with Crippen LogP contribution in [0, 0.1) is 0 Å². The quantitative estimate of drug-likeness (QED) is 0.890. The number of nitrogens with one attached hydrogen (secondary N) is 2. The Morgan fingerprint density at radius 2 is 2.14 bits per heavy atom. The number of aromatic amines is 1. The highest BCUT2D eigenvalue weighted by molar-refractivity contribution is 5.30. The summed E-state index contributed by atoms with van der Waals surface area (Å²) in [5, 5.41) is 3.49. The monoisotopic (exact) mass is 300 g/mol. The van der Waals surface area contributed by atoms with E-state index in [9.17, 15) is 0 Å². The number of imidazole rings is 1. The largest absolute Gasteiger partial charge is 0.491 e. The van der Waals surface area contributed by atoms with Gasteiger partial charge in [0.05, 0.1) is 12.4 Å². The second-order valence-corrected chi connectivity index (χ2v) is 6.00. The summed E-state index contributed by atoms with van der Waals surface area (Å²) in [6.07, 6.45) is 3.85. The molecule has 1 aliphatic heterocycles. The van der Waals surface area contributed by atoms with Crippen molar-refractivity contribution in [3.63, 3.8) is 0 Å². The number of hydrogen-bond acceptors (Lipinski definition) is 4. The molecule has 0 saturated carbocycles. The van der Waals surface area contributed by atoms with E-state index in [2.05, 4.69) is 44.5 Å². The number of benzene rings is 1. The average molecular weight is 300 g/mol. The lowest BCUT2D eigenvalue weighted by Crippen LogP contribution is -2.45. The van der Waals surface area contributed by atoms with Gasteiger partial charge in [0, 0.05) is 44.1 Å². The van der Waals surface area contributed by atoms with E-state index < -0.39 is 0 Å². The van der Waals surface area contributed by atoms with Crippen molar-refractivity contribution in [2.45, 2.75) is 32.5 Å². The van der Waals surface area contributed by atoms with Crippen molar-refractivity contribution >= 4 is 0 Å². The van der Waals surface area contributed by atoms with E-state index in [4.69, 9.17) is 4.74 Å². The maximum absolute atomic E-state index is 5.73. The zero-order chi connectivity index (χ0) is 15.4. The minimum atomic E-state index is 0.207. The fourth-order valence-corrected chi connectivity index (χ4v) is 2.89. The first-order valence-electron chi connectivity index (χ1n) is 7.91. The zero-order valence-electron chi connectivity index (χ0n) is 13.2. The van der Waals surface area contributed by atoms with Crippen molar-refractivity contribution in [1.82, 2.24) is 20.2 Å². The van der Waals surface area contributed by atoms with Gasteiger partial charge in [0.1, 0.15) is 5.75 Å². The lowest BCUT2D eigenvalue weighted by atomic mass is 10.0. The first kappa shape index (κ1) is 15.1. The predicted molar refractivity (Wildman–Crippen MR) is 86.8 cm³/mol. The first-order chi connectivity index (χ1) is 10.7. The molecule has 5 nitrogen and oxygen atoms in total. The van der Waals surface area contributed by atoms with Crippen LogP contribution in [0.15, 0.2) is 36.8 Å². The molecule has 5 heteroatoms. The number of H-pyrrole nitrogens is 1. The van der Waals surface area contributed by atoms with Crippen LogP contribution in [0.4, 0.5) is 0 Å². The Morgan fingerprint density at radius 3 is 2.82 bits per heavy atom. The van der Waals surface area contributed by atoms with Crippen molar-refractivity contribution in [1.29, 1.82) is 0 Å². The van der Waals surface area contributed by atoms with Gasteiger partial charge < -0.3 is 15.0 Å². The SMILES string of the molecule is CC(C)Oc1ccc([C@@H]2CNCCN2Cc2cnc[nH]2)cc1. The predicted octanol–water partition coefficient (Wildman–Crippen LogP) is 2.34. The highest BCUT2D eigenvalue weighted by Gasteiger charge is 2.24. The number of aromatic nitrogens is 2. The summed E-state index contributed by atoms with van der Waals surface area (Å²) in [5.74, 6) is 0.933. The molecular weight excluding hydrogens is 276 g/mol. The van der Waals surface area contributed by atoms with Crippen LogP contribution in [0.1, 0.15) is 31.1 Å². The fraction of sp³-hybridized carbons (Fsp3) is 0.471. The normalized spacial score (nSPS) is 19.5. The molecule has 1 aromatic carbocycles. The molecule has 0 amide bonds. The van der Waals surface area contributed by atoms with Crippen LogP contribution in [-0.4, -0.2) is 40.6 Å². The van der Waals surface area contributed by atoms with E-state index in [1.807, 2.05) is 20.0 Å². The molecule has 3 rings (SSSR count). The third kappa shape index (κ3) is 3.67. The molecule has 0 radical (unpaired) electrons.